The molecule has 2 heterocycles. The Morgan fingerprint density at radius 3 is 2.82 bits per heavy atom. The highest BCUT2D eigenvalue weighted by Crippen LogP contribution is 2.30. The van der Waals surface area contributed by atoms with Crippen molar-refractivity contribution in [2.24, 2.45) is 0 Å². The van der Waals surface area contributed by atoms with Crippen LogP contribution in [0.3, 0.4) is 0 Å². The molecule has 0 unspecified atom stereocenters. The maximum atomic E-state index is 13.1. The molecule has 1 atom stereocenters. The van der Waals surface area contributed by atoms with E-state index in [-0.39, 0.29) is 17.6 Å². The Morgan fingerprint density at radius 1 is 1.21 bits per heavy atom. The molecule has 0 aliphatic carbocycles. The Morgan fingerprint density at radius 2 is 2.04 bits per heavy atom. The highest BCUT2D eigenvalue weighted by molar-refractivity contribution is 5.94. The zero-order chi connectivity index (χ0) is 19.5. The Labute approximate surface area is 161 Å². The van der Waals surface area contributed by atoms with Gasteiger partial charge in [0.15, 0.2) is 0 Å². The highest BCUT2D eigenvalue weighted by atomic mass is 19.1. The van der Waals surface area contributed by atoms with E-state index < -0.39 is 0 Å². The summed E-state index contributed by atoms with van der Waals surface area (Å²) in [6.45, 7) is 1.15. The van der Waals surface area contributed by atoms with E-state index in [1.807, 2.05) is 24.3 Å². The maximum absolute atomic E-state index is 13.1. The Bertz CT molecular complexity index is 971. The first-order valence-electron chi connectivity index (χ1n) is 9.16. The number of hydrogen-bond acceptors (Lipinski definition) is 5. The number of halogens is 1. The third-order valence-electron chi connectivity index (χ3n) is 4.91. The molecule has 3 aromatic rings. The third-order valence-corrected chi connectivity index (χ3v) is 4.91. The Hall–Kier alpha value is -3.22. The van der Waals surface area contributed by atoms with E-state index in [0.29, 0.717) is 36.2 Å². The fraction of sp³-hybridized carbons (Fsp3) is 0.286. The van der Waals surface area contributed by atoms with E-state index in [4.69, 9.17) is 9.15 Å². The molecule has 1 aliphatic heterocycles. The summed E-state index contributed by atoms with van der Waals surface area (Å²) >= 11 is 0. The number of aromatic nitrogens is 2. The molecule has 0 N–H and O–H groups in total. The minimum atomic E-state index is -0.357. The quantitative estimate of drug-likeness (QED) is 0.686. The molecule has 1 fully saturated rings. The Balaban J connectivity index is 1.49. The predicted molar refractivity (Wildman–Crippen MR) is 101 cm³/mol. The molecule has 7 heteroatoms. The number of likely N-dealkylation sites (tertiary alicyclic amines) is 1. The van der Waals surface area contributed by atoms with Crippen LogP contribution in [0.25, 0.3) is 11.5 Å². The minimum Gasteiger partial charge on any atom is -0.497 e. The number of ether oxygens (including phenoxy) is 1. The summed E-state index contributed by atoms with van der Waals surface area (Å²) in [5, 5.41) is 8.36. The van der Waals surface area contributed by atoms with Gasteiger partial charge in [-0.05, 0) is 55.3 Å². The number of piperidine rings is 1. The standard InChI is InChI=1S/C21H20FN3O3/c1-27-18-6-2-4-15(12-18)19-23-24-20(28-19)16-5-3-11-25(13-16)21(26)14-7-9-17(22)10-8-14/h2,4,6-10,12,16H,3,5,11,13H2,1H3/t16-/m0/s1. The van der Waals surface area contributed by atoms with Crippen molar-refractivity contribution in [1.29, 1.82) is 0 Å². The van der Waals surface area contributed by atoms with Crippen LogP contribution in [-0.2, 0) is 0 Å². The van der Waals surface area contributed by atoms with Crippen LogP contribution < -0.4 is 4.74 Å². The van der Waals surface area contributed by atoms with E-state index >= 15 is 0 Å². The van der Waals surface area contributed by atoms with Crippen LogP contribution >= 0.6 is 0 Å². The second-order valence-corrected chi connectivity index (χ2v) is 6.77. The summed E-state index contributed by atoms with van der Waals surface area (Å²) in [5.74, 6) is 1.17. The van der Waals surface area contributed by atoms with E-state index in [1.54, 1.807) is 12.0 Å². The lowest BCUT2D eigenvalue weighted by molar-refractivity contribution is 0.0698. The number of amides is 1. The largest absolute Gasteiger partial charge is 0.497 e. The molecule has 2 aromatic carbocycles. The fourth-order valence-electron chi connectivity index (χ4n) is 3.41. The van der Waals surface area contributed by atoms with Crippen LogP contribution in [0.1, 0.15) is 35.0 Å². The second-order valence-electron chi connectivity index (χ2n) is 6.77. The number of methoxy groups -OCH3 is 1. The van der Waals surface area contributed by atoms with Gasteiger partial charge < -0.3 is 14.1 Å². The monoisotopic (exact) mass is 381 g/mol. The number of nitrogens with zero attached hydrogens (tertiary/aromatic N) is 3. The number of benzene rings is 2. The predicted octanol–water partition coefficient (Wildman–Crippen LogP) is 3.90. The van der Waals surface area contributed by atoms with Gasteiger partial charge in [-0.15, -0.1) is 10.2 Å². The van der Waals surface area contributed by atoms with Crippen molar-refractivity contribution in [3.05, 3.63) is 65.8 Å². The number of carbonyl (C=O) groups excluding carboxylic acids is 1. The molecule has 0 spiro atoms. The molecule has 1 saturated heterocycles. The van der Waals surface area contributed by atoms with Crippen LogP contribution in [0, 0.1) is 5.82 Å². The first kappa shape index (κ1) is 18.2. The van der Waals surface area contributed by atoms with Crippen molar-refractivity contribution in [2.45, 2.75) is 18.8 Å². The molecular formula is C21H20FN3O3. The lowest BCUT2D eigenvalue weighted by Gasteiger charge is -2.31. The molecule has 0 saturated carbocycles. The van der Waals surface area contributed by atoms with Crippen molar-refractivity contribution in [3.8, 4) is 17.2 Å². The van der Waals surface area contributed by atoms with Crippen molar-refractivity contribution < 1.29 is 18.3 Å². The minimum absolute atomic E-state index is 0.0231. The summed E-state index contributed by atoms with van der Waals surface area (Å²) < 4.78 is 24.2. The Kier molecular flexibility index (Phi) is 5.06. The second kappa shape index (κ2) is 7.80. The summed E-state index contributed by atoms with van der Waals surface area (Å²) in [5.41, 5.74) is 1.26. The van der Waals surface area contributed by atoms with Crippen molar-refractivity contribution >= 4 is 5.91 Å². The van der Waals surface area contributed by atoms with Gasteiger partial charge in [-0.25, -0.2) is 4.39 Å². The SMILES string of the molecule is COc1cccc(-c2nnc([C@H]3CCCN(C(=O)c4ccc(F)cc4)C3)o2)c1. The number of hydrogen-bond donors (Lipinski definition) is 0. The molecular weight excluding hydrogens is 361 g/mol. The summed E-state index contributed by atoms with van der Waals surface area (Å²) in [6, 6.07) is 13.0. The molecule has 4 rings (SSSR count). The lowest BCUT2D eigenvalue weighted by Crippen LogP contribution is -2.39. The fourth-order valence-corrected chi connectivity index (χ4v) is 3.41. The van der Waals surface area contributed by atoms with E-state index in [0.717, 1.165) is 18.4 Å². The highest BCUT2D eigenvalue weighted by Gasteiger charge is 2.29. The number of carbonyl (C=O) groups is 1. The van der Waals surface area contributed by atoms with Gasteiger partial charge in [0.25, 0.3) is 5.91 Å². The molecule has 0 bridgehead atoms. The topological polar surface area (TPSA) is 68.5 Å². The van der Waals surface area contributed by atoms with Crippen LogP contribution in [0.15, 0.2) is 52.9 Å². The average molecular weight is 381 g/mol. The third kappa shape index (κ3) is 3.74. The number of rotatable bonds is 4. The van der Waals surface area contributed by atoms with Gasteiger partial charge in [0.2, 0.25) is 11.8 Å². The molecule has 144 valence electrons. The van der Waals surface area contributed by atoms with E-state index in [1.165, 1.54) is 24.3 Å². The molecule has 1 aliphatic rings. The van der Waals surface area contributed by atoms with Gasteiger partial charge in [-0.1, -0.05) is 6.07 Å². The van der Waals surface area contributed by atoms with Crippen LogP contribution in [0.5, 0.6) is 5.75 Å². The molecule has 28 heavy (non-hydrogen) atoms. The van der Waals surface area contributed by atoms with E-state index in [9.17, 15) is 9.18 Å². The first-order chi connectivity index (χ1) is 13.6. The van der Waals surface area contributed by atoms with Crippen molar-refractivity contribution in [3.63, 3.8) is 0 Å². The first-order valence-corrected chi connectivity index (χ1v) is 9.16. The summed E-state index contributed by atoms with van der Waals surface area (Å²) in [6.07, 6.45) is 1.71. The summed E-state index contributed by atoms with van der Waals surface area (Å²) in [7, 11) is 1.60. The van der Waals surface area contributed by atoms with Crippen molar-refractivity contribution in [1.82, 2.24) is 15.1 Å². The normalized spacial score (nSPS) is 16.8. The van der Waals surface area contributed by atoms with Gasteiger partial charge in [0, 0.05) is 24.2 Å². The van der Waals surface area contributed by atoms with Crippen LogP contribution in [-0.4, -0.2) is 41.2 Å². The van der Waals surface area contributed by atoms with Gasteiger partial charge in [-0.2, -0.15) is 0 Å². The van der Waals surface area contributed by atoms with Gasteiger partial charge in [-0.3, -0.25) is 4.79 Å². The van der Waals surface area contributed by atoms with Crippen LogP contribution in [0.2, 0.25) is 0 Å². The molecule has 0 radical (unpaired) electrons. The summed E-state index contributed by atoms with van der Waals surface area (Å²) in [4.78, 5) is 14.5. The van der Waals surface area contributed by atoms with Gasteiger partial charge >= 0.3 is 0 Å². The maximum Gasteiger partial charge on any atom is 0.253 e. The average Bonchev–Trinajstić information content (AvgIpc) is 3.24. The lowest BCUT2D eigenvalue weighted by atomic mass is 9.97. The smallest absolute Gasteiger partial charge is 0.253 e. The van der Waals surface area contributed by atoms with E-state index in [2.05, 4.69) is 10.2 Å². The van der Waals surface area contributed by atoms with Gasteiger partial charge in [0.05, 0.1) is 13.0 Å². The molecule has 1 amide bonds. The van der Waals surface area contributed by atoms with Gasteiger partial charge in [0.1, 0.15) is 11.6 Å². The zero-order valence-electron chi connectivity index (χ0n) is 15.5. The van der Waals surface area contributed by atoms with Crippen LogP contribution in [0.4, 0.5) is 4.39 Å². The molecule has 6 nitrogen and oxygen atoms in total. The zero-order valence-corrected chi connectivity index (χ0v) is 15.5. The molecule has 1 aromatic heterocycles. The van der Waals surface area contributed by atoms with Crippen molar-refractivity contribution in [2.75, 3.05) is 20.2 Å².